The molecule has 22 heavy (non-hydrogen) atoms. The van der Waals surface area contributed by atoms with Gasteiger partial charge < -0.3 is 4.74 Å². The highest BCUT2D eigenvalue weighted by Crippen LogP contribution is 2.36. The monoisotopic (exact) mass is 405 g/mol. The van der Waals surface area contributed by atoms with Gasteiger partial charge in [0.1, 0.15) is 0 Å². The van der Waals surface area contributed by atoms with Gasteiger partial charge in [-0.2, -0.15) is 0 Å². The molecule has 0 atom stereocenters. The number of alkyl halides is 1. The molecule has 0 unspecified atom stereocenters. The molecule has 0 aliphatic carbocycles. The number of allylic oxidation sites excluding steroid dienone is 2. The molecule has 0 radical (unpaired) electrons. The zero-order chi connectivity index (χ0) is 16.3. The molecule has 1 aliphatic heterocycles. The van der Waals surface area contributed by atoms with Crippen molar-refractivity contribution in [2.24, 2.45) is 0 Å². The van der Waals surface area contributed by atoms with Crippen LogP contribution >= 0.6 is 27.5 Å². The average Bonchev–Trinajstić information content (AvgIpc) is 2.64. The number of hydrogen-bond acceptors (Lipinski definition) is 3. The van der Waals surface area contributed by atoms with E-state index in [2.05, 4.69) is 15.9 Å². The summed E-state index contributed by atoms with van der Waals surface area (Å²) in [5, 5.41) is 0. The molecule has 1 aromatic rings. The van der Waals surface area contributed by atoms with Gasteiger partial charge in [0.2, 0.25) is 15.9 Å². The summed E-state index contributed by atoms with van der Waals surface area (Å²) in [6.07, 6.45) is 6.34. The van der Waals surface area contributed by atoms with Gasteiger partial charge in [-0.25, -0.2) is 12.7 Å². The van der Waals surface area contributed by atoms with Crippen LogP contribution in [0.1, 0.15) is 18.4 Å². The molecule has 0 amide bonds. The van der Waals surface area contributed by atoms with E-state index in [1.165, 1.54) is 7.05 Å². The van der Waals surface area contributed by atoms with E-state index in [1.807, 2.05) is 30.4 Å². The minimum Gasteiger partial charge on any atom is -0.438 e. The lowest BCUT2D eigenvalue weighted by Gasteiger charge is -2.23. The Hall–Kier alpha value is -0.980. The Balaban J connectivity index is 2.53. The van der Waals surface area contributed by atoms with Crippen LogP contribution in [0.25, 0.3) is 6.08 Å². The Labute approximate surface area is 144 Å². The van der Waals surface area contributed by atoms with Gasteiger partial charge in [-0.15, -0.1) is 11.6 Å². The first-order valence-electron chi connectivity index (χ1n) is 6.72. The molecular formula is C15H17BrClNO3S. The highest BCUT2D eigenvalue weighted by atomic mass is 79.9. The first-order chi connectivity index (χ1) is 10.3. The van der Waals surface area contributed by atoms with Crippen molar-refractivity contribution < 1.29 is 13.2 Å². The Morgan fingerprint density at radius 3 is 2.68 bits per heavy atom. The minimum atomic E-state index is -3.42. The summed E-state index contributed by atoms with van der Waals surface area (Å²) in [4.78, 5) is 0. The predicted octanol–water partition coefficient (Wildman–Crippen LogP) is 3.98. The van der Waals surface area contributed by atoms with Crippen LogP contribution in [0.3, 0.4) is 0 Å². The van der Waals surface area contributed by atoms with Gasteiger partial charge in [-0.1, -0.05) is 24.3 Å². The van der Waals surface area contributed by atoms with Crippen molar-refractivity contribution in [3.05, 3.63) is 45.8 Å². The molecule has 0 bridgehead atoms. The molecule has 1 aliphatic rings. The zero-order valence-electron chi connectivity index (χ0n) is 12.3. The summed E-state index contributed by atoms with van der Waals surface area (Å²) in [6.45, 7) is 0. The van der Waals surface area contributed by atoms with Crippen molar-refractivity contribution in [2.45, 2.75) is 12.8 Å². The Morgan fingerprint density at radius 2 is 2.05 bits per heavy atom. The predicted molar refractivity (Wildman–Crippen MR) is 93.4 cm³/mol. The van der Waals surface area contributed by atoms with Crippen LogP contribution in [0.2, 0.25) is 0 Å². The SMILES string of the molecule is CN(C1=C(CCCCl)C=Cc2cccc(Br)c2O1)S(C)(=O)=O. The first-order valence-corrected chi connectivity index (χ1v) is 9.89. The van der Waals surface area contributed by atoms with Crippen molar-refractivity contribution >= 4 is 43.6 Å². The van der Waals surface area contributed by atoms with Crippen LogP contribution in [0.15, 0.2) is 40.2 Å². The Kier molecular flexibility index (Phi) is 5.58. The lowest BCUT2D eigenvalue weighted by molar-refractivity contribution is 0.315. The van der Waals surface area contributed by atoms with Gasteiger partial charge in [-0.05, 0) is 34.8 Å². The van der Waals surface area contributed by atoms with Crippen molar-refractivity contribution in [3.63, 3.8) is 0 Å². The van der Waals surface area contributed by atoms with Crippen molar-refractivity contribution in [3.8, 4) is 5.75 Å². The molecule has 4 nitrogen and oxygen atoms in total. The van der Waals surface area contributed by atoms with Crippen LogP contribution < -0.4 is 4.74 Å². The molecule has 1 heterocycles. The summed E-state index contributed by atoms with van der Waals surface area (Å²) in [5.41, 5.74) is 1.69. The minimum absolute atomic E-state index is 0.314. The number of nitrogens with zero attached hydrogens (tertiary/aromatic N) is 1. The van der Waals surface area contributed by atoms with Crippen LogP contribution in [-0.4, -0.2) is 31.9 Å². The van der Waals surface area contributed by atoms with Crippen LogP contribution in [0, 0.1) is 0 Å². The fraction of sp³-hybridized carbons (Fsp3) is 0.333. The van der Waals surface area contributed by atoms with E-state index in [4.69, 9.17) is 16.3 Å². The molecule has 1 aromatic carbocycles. The second-order valence-corrected chi connectivity index (χ2v) is 8.19. The molecule has 0 fully saturated rings. The maximum absolute atomic E-state index is 11.9. The fourth-order valence-corrected chi connectivity index (χ4v) is 3.10. The standard InChI is InChI=1S/C15H17BrClNO3S/c1-18(22(2,19)20)15-12(6-4-10-17)9-8-11-5-3-7-13(16)14(11)21-15/h3,5,7-9H,4,6,10H2,1-2H3. The summed E-state index contributed by atoms with van der Waals surface area (Å²) in [7, 11) is -1.94. The molecule has 0 aromatic heterocycles. The number of rotatable bonds is 5. The van der Waals surface area contributed by atoms with Gasteiger partial charge >= 0.3 is 0 Å². The van der Waals surface area contributed by atoms with Gasteiger partial charge in [0.15, 0.2) is 5.75 Å². The topological polar surface area (TPSA) is 46.6 Å². The normalized spacial score (nSPS) is 14.4. The molecule has 120 valence electrons. The smallest absolute Gasteiger partial charge is 0.234 e. The molecule has 0 saturated carbocycles. The third kappa shape index (κ3) is 3.86. The van der Waals surface area contributed by atoms with Crippen molar-refractivity contribution in [2.75, 3.05) is 19.2 Å². The molecule has 0 saturated heterocycles. The van der Waals surface area contributed by atoms with E-state index >= 15 is 0 Å². The fourth-order valence-electron chi connectivity index (χ4n) is 2.05. The number of fused-ring (bicyclic) bond motifs is 1. The summed E-state index contributed by atoms with van der Waals surface area (Å²) >= 11 is 9.21. The second kappa shape index (κ2) is 7.06. The number of benzene rings is 1. The third-order valence-electron chi connectivity index (χ3n) is 3.30. The Morgan fingerprint density at radius 1 is 1.32 bits per heavy atom. The maximum atomic E-state index is 11.9. The van der Waals surface area contributed by atoms with E-state index in [1.54, 1.807) is 0 Å². The lowest BCUT2D eigenvalue weighted by Crippen LogP contribution is -2.29. The second-order valence-electron chi connectivity index (χ2n) is 4.95. The number of halogens is 2. The van der Waals surface area contributed by atoms with Gasteiger partial charge in [-0.3, -0.25) is 0 Å². The molecule has 0 spiro atoms. The van der Waals surface area contributed by atoms with E-state index < -0.39 is 10.0 Å². The number of para-hydroxylation sites is 1. The highest BCUT2D eigenvalue weighted by Gasteiger charge is 2.23. The highest BCUT2D eigenvalue weighted by molar-refractivity contribution is 9.10. The maximum Gasteiger partial charge on any atom is 0.234 e. The van der Waals surface area contributed by atoms with Crippen LogP contribution in [-0.2, 0) is 10.0 Å². The van der Waals surface area contributed by atoms with E-state index in [9.17, 15) is 8.42 Å². The lowest BCUT2D eigenvalue weighted by atomic mass is 10.1. The van der Waals surface area contributed by atoms with Crippen molar-refractivity contribution in [1.29, 1.82) is 0 Å². The number of ether oxygens (including phenoxy) is 1. The van der Waals surface area contributed by atoms with Crippen LogP contribution in [0.4, 0.5) is 0 Å². The molecule has 7 heteroatoms. The number of sulfonamides is 1. The van der Waals surface area contributed by atoms with Gasteiger partial charge in [0, 0.05) is 24.1 Å². The summed E-state index contributed by atoms with van der Waals surface area (Å²) < 4.78 is 31.7. The van der Waals surface area contributed by atoms with E-state index in [0.29, 0.717) is 23.9 Å². The molecule has 2 rings (SSSR count). The summed E-state index contributed by atoms with van der Waals surface area (Å²) in [5.74, 6) is 1.42. The van der Waals surface area contributed by atoms with E-state index in [-0.39, 0.29) is 0 Å². The van der Waals surface area contributed by atoms with Gasteiger partial charge in [0.05, 0.1) is 10.7 Å². The average molecular weight is 407 g/mol. The van der Waals surface area contributed by atoms with Gasteiger partial charge in [0.25, 0.3) is 0 Å². The quantitative estimate of drug-likeness (QED) is 0.695. The third-order valence-corrected chi connectivity index (χ3v) is 5.35. The zero-order valence-corrected chi connectivity index (χ0v) is 15.5. The Bertz CT molecular complexity index is 728. The van der Waals surface area contributed by atoms with Crippen molar-refractivity contribution in [1.82, 2.24) is 4.31 Å². The number of hydrogen-bond donors (Lipinski definition) is 0. The van der Waals surface area contributed by atoms with E-state index in [0.717, 1.165) is 32.6 Å². The van der Waals surface area contributed by atoms with Crippen LogP contribution in [0.5, 0.6) is 5.75 Å². The molecule has 0 N–H and O–H groups in total. The summed E-state index contributed by atoms with van der Waals surface area (Å²) in [6, 6.07) is 5.67. The molecular weight excluding hydrogens is 390 g/mol. The largest absolute Gasteiger partial charge is 0.438 e. The first kappa shape index (κ1) is 17.4.